The van der Waals surface area contributed by atoms with E-state index in [2.05, 4.69) is 9.71 Å². The van der Waals surface area contributed by atoms with Crippen LogP contribution in [0.15, 0.2) is 35.6 Å². The van der Waals surface area contributed by atoms with Crippen LogP contribution in [0.5, 0.6) is 5.75 Å². The number of sulfonamides is 1. The van der Waals surface area contributed by atoms with Gasteiger partial charge in [-0.3, -0.25) is 0 Å². The van der Waals surface area contributed by atoms with Crippen molar-refractivity contribution >= 4 is 21.6 Å². The minimum Gasteiger partial charge on any atom is -0.508 e. The number of nitrogens with one attached hydrogen (secondary N) is 1. The molecule has 0 bridgehead atoms. The van der Waals surface area contributed by atoms with Gasteiger partial charge in [-0.2, -0.15) is 0 Å². The Morgan fingerprint density at radius 2 is 2.00 bits per heavy atom. The molecule has 20 heavy (non-hydrogen) atoms. The van der Waals surface area contributed by atoms with Crippen LogP contribution in [-0.2, 0) is 23.5 Å². The number of imidazole rings is 1. The maximum absolute atomic E-state index is 12.0. The molecular weight excluding hydrogens is 302 g/mol. The number of rotatable bonds is 5. The molecule has 0 saturated heterocycles. The number of aromatic nitrogens is 2. The summed E-state index contributed by atoms with van der Waals surface area (Å²) >= 11 is 5.86. The molecule has 1 heterocycles. The summed E-state index contributed by atoms with van der Waals surface area (Å²) in [5.74, 6) is 0.176. The summed E-state index contributed by atoms with van der Waals surface area (Å²) < 4.78 is 27.9. The Labute approximate surface area is 122 Å². The van der Waals surface area contributed by atoms with E-state index in [-0.39, 0.29) is 22.5 Å². The highest BCUT2D eigenvalue weighted by molar-refractivity contribution is 7.89. The van der Waals surface area contributed by atoms with Gasteiger partial charge in [0.15, 0.2) is 0 Å². The molecular formula is C12H14ClN3O3S. The van der Waals surface area contributed by atoms with Gasteiger partial charge in [0, 0.05) is 13.6 Å². The molecule has 0 aliphatic rings. The smallest absolute Gasteiger partial charge is 0.261 e. The van der Waals surface area contributed by atoms with Gasteiger partial charge in [0.05, 0.1) is 6.33 Å². The van der Waals surface area contributed by atoms with E-state index in [9.17, 15) is 8.42 Å². The standard InChI is InChI=1S/C12H14ClN3O3S/c1-16-8-14-12(11(16)13)20(18,19)15-7-6-9-2-4-10(17)5-3-9/h2-5,8,15,17H,6-7H2,1H3. The first-order valence-electron chi connectivity index (χ1n) is 5.84. The van der Waals surface area contributed by atoms with Crippen LogP contribution in [0.3, 0.4) is 0 Å². The van der Waals surface area contributed by atoms with E-state index in [0.717, 1.165) is 5.56 Å². The molecule has 2 N–H and O–H groups in total. The average molecular weight is 316 g/mol. The minimum absolute atomic E-state index is 0.0714. The number of phenols is 1. The fourth-order valence-corrected chi connectivity index (χ4v) is 3.09. The second-order valence-electron chi connectivity index (χ2n) is 4.27. The molecule has 0 spiro atoms. The van der Waals surface area contributed by atoms with Crippen molar-refractivity contribution in [1.82, 2.24) is 14.3 Å². The molecule has 1 aromatic carbocycles. The highest BCUT2D eigenvalue weighted by Gasteiger charge is 2.21. The Morgan fingerprint density at radius 3 is 2.55 bits per heavy atom. The van der Waals surface area contributed by atoms with Gasteiger partial charge in [-0.1, -0.05) is 23.7 Å². The van der Waals surface area contributed by atoms with Crippen LogP contribution in [0.4, 0.5) is 0 Å². The molecule has 1 aromatic heterocycles. The summed E-state index contributed by atoms with van der Waals surface area (Å²) in [6.45, 7) is 0.222. The quantitative estimate of drug-likeness (QED) is 0.871. The maximum Gasteiger partial charge on any atom is 0.261 e. The van der Waals surface area contributed by atoms with E-state index >= 15 is 0 Å². The minimum atomic E-state index is -3.71. The Hall–Kier alpha value is -1.57. The molecule has 0 fully saturated rings. The molecule has 8 heteroatoms. The van der Waals surface area contributed by atoms with Crippen LogP contribution in [0.25, 0.3) is 0 Å². The van der Waals surface area contributed by atoms with E-state index in [4.69, 9.17) is 16.7 Å². The van der Waals surface area contributed by atoms with Crippen LogP contribution in [0, 0.1) is 0 Å². The zero-order valence-electron chi connectivity index (χ0n) is 10.7. The number of hydrogen-bond donors (Lipinski definition) is 2. The third kappa shape index (κ3) is 3.30. The summed E-state index contributed by atoms with van der Waals surface area (Å²) in [5.41, 5.74) is 0.914. The third-order valence-corrected chi connectivity index (χ3v) is 4.68. The number of benzene rings is 1. The van der Waals surface area contributed by atoms with Gasteiger partial charge in [-0.25, -0.2) is 18.1 Å². The van der Waals surface area contributed by atoms with Gasteiger partial charge in [0.1, 0.15) is 10.9 Å². The number of aromatic hydroxyl groups is 1. The van der Waals surface area contributed by atoms with E-state index in [0.29, 0.717) is 6.42 Å². The highest BCUT2D eigenvalue weighted by Crippen LogP contribution is 2.18. The third-order valence-electron chi connectivity index (χ3n) is 2.73. The van der Waals surface area contributed by atoms with Crippen molar-refractivity contribution in [3.05, 3.63) is 41.3 Å². The predicted molar refractivity (Wildman–Crippen MR) is 75.2 cm³/mol. The van der Waals surface area contributed by atoms with Gasteiger partial charge in [-0.15, -0.1) is 0 Å². The molecule has 2 aromatic rings. The molecule has 0 radical (unpaired) electrons. The van der Waals surface area contributed by atoms with E-state index in [1.165, 1.54) is 10.9 Å². The van der Waals surface area contributed by atoms with E-state index < -0.39 is 10.0 Å². The summed E-state index contributed by atoms with van der Waals surface area (Å²) in [6, 6.07) is 6.58. The number of halogens is 1. The van der Waals surface area contributed by atoms with Crippen molar-refractivity contribution in [3.63, 3.8) is 0 Å². The Bertz CT molecular complexity index is 695. The van der Waals surface area contributed by atoms with Crippen molar-refractivity contribution in [3.8, 4) is 5.75 Å². The van der Waals surface area contributed by atoms with Crippen LogP contribution in [0.2, 0.25) is 5.15 Å². The van der Waals surface area contributed by atoms with Crippen LogP contribution in [-0.4, -0.2) is 29.6 Å². The summed E-state index contributed by atoms with van der Waals surface area (Å²) in [7, 11) is -2.10. The second kappa shape index (κ2) is 5.82. The SMILES string of the molecule is Cn1cnc(S(=O)(=O)NCCc2ccc(O)cc2)c1Cl. The Morgan fingerprint density at radius 1 is 1.35 bits per heavy atom. The fraction of sp³-hybridized carbons (Fsp3) is 0.250. The molecule has 0 amide bonds. The molecule has 0 aliphatic heterocycles. The van der Waals surface area contributed by atoms with Crippen molar-refractivity contribution in [1.29, 1.82) is 0 Å². The van der Waals surface area contributed by atoms with Gasteiger partial charge in [0.25, 0.3) is 10.0 Å². The number of phenolic OH excluding ortho intramolecular Hbond substituents is 1. The second-order valence-corrected chi connectivity index (χ2v) is 6.31. The first-order chi connectivity index (χ1) is 9.40. The summed E-state index contributed by atoms with van der Waals surface area (Å²) in [4.78, 5) is 3.77. The lowest BCUT2D eigenvalue weighted by atomic mass is 10.1. The van der Waals surface area contributed by atoms with Crippen LogP contribution in [0.1, 0.15) is 5.56 Å². The van der Waals surface area contributed by atoms with Crippen molar-refractivity contribution in [2.75, 3.05) is 6.54 Å². The van der Waals surface area contributed by atoms with Crippen molar-refractivity contribution < 1.29 is 13.5 Å². The molecule has 0 aliphatic carbocycles. The zero-order chi connectivity index (χ0) is 14.8. The first-order valence-corrected chi connectivity index (χ1v) is 7.70. The lowest BCUT2D eigenvalue weighted by Crippen LogP contribution is -2.26. The topological polar surface area (TPSA) is 84.2 Å². The Kier molecular flexibility index (Phi) is 4.32. The zero-order valence-corrected chi connectivity index (χ0v) is 12.3. The van der Waals surface area contributed by atoms with Crippen molar-refractivity contribution in [2.45, 2.75) is 11.4 Å². The molecule has 108 valence electrons. The maximum atomic E-state index is 12.0. The largest absolute Gasteiger partial charge is 0.508 e. The van der Waals surface area contributed by atoms with Gasteiger partial charge in [-0.05, 0) is 24.1 Å². The van der Waals surface area contributed by atoms with Gasteiger partial charge < -0.3 is 9.67 Å². The monoisotopic (exact) mass is 315 g/mol. The first kappa shape index (κ1) is 14.8. The average Bonchev–Trinajstić information content (AvgIpc) is 2.73. The molecule has 6 nitrogen and oxygen atoms in total. The predicted octanol–water partition coefficient (Wildman–Crippen LogP) is 1.30. The number of aryl methyl sites for hydroxylation is 1. The van der Waals surface area contributed by atoms with Crippen molar-refractivity contribution in [2.24, 2.45) is 7.05 Å². The number of hydrogen-bond acceptors (Lipinski definition) is 4. The highest BCUT2D eigenvalue weighted by atomic mass is 35.5. The molecule has 0 atom stereocenters. The van der Waals surface area contributed by atoms with E-state index in [1.807, 2.05) is 0 Å². The van der Waals surface area contributed by atoms with Crippen LogP contribution < -0.4 is 4.72 Å². The van der Waals surface area contributed by atoms with E-state index in [1.54, 1.807) is 31.3 Å². The van der Waals surface area contributed by atoms with Crippen LogP contribution >= 0.6 is 11.6 Å². The van der Waals surface area contributed by atoms with Gasteiger partial charge >= 0.3 is 0 Å². The Balaban J connectivity index is 2.00. The lowest BCUT2D eigenvalue weighted by Gasteiger charge is -2.05. The van der Waals surface area contributed by atoms with Gasteiger partial charge in [0.2, 0.25) is 5.03 Å². The molecule has 0 unspecified atom stereocenters. The lowest BCUT2D eigenvalue weighted by molar-refractivity contribution is 0.475. The summed E-state index contributed by atoms with van der Waals surface area (Å²) in [5, 5.41) is 9.05. The fourth-order valence-electron chi connectivity index (χ4n) is 1.63. The number of nitrogens with zero attached hydrogens (tertiary/aromatic N) is 2. The normalized spacial score (nSPS) is 11.7. The summed E-state index contributed by atoms with van der Waals surface area (Å²) in [6.07, 6.45) is 1.85. The molecule has 2 rings (SSSR count). The molecule has 0 saturated carbocycles.